The fourth-order valence-electron chi connectivity index (χ4n) is 2.73. The maximum absolute atomic E-state index is 10.6. The highest BCUT2D eigenvalue weighted by Gasteiger charge is 2.35. The van der Waals surface area contributed by atoms with E-state index in [0.717, 1.165) is 25.4 Å². The maximum atomic E-state index is 10.6. The van der Waals surface area contributed by atoms with Crippen molar-refractivity contribution in [2.24, 2.45) is 0 Å². The van der Waals surface area contributed by atoms with Crippen molar-refractivity contribution in [3.05, 3.63) is 28.4 Å². The minimum absolute atomic E-state index is 0.114. The van der Waals surface area contributed by atoms with Gasteiger partial charge in [0.25, 0.3) is 0 Å². The van der Waals surface area contributed by atoms with Crippen LogP contribution >= 0.6 is 0 Å². The highest BCUT2D eigenvalue weighted by molar-refractivity contribution is 5.48. The Balaban J connectivity index is 1.84. The van der Waals surface area contributed by atoms with E-state index in [2.05, 4.69) is 21.8 Å². The van der Waals surface area contributed by atoms with E-state index in [1.165, 1.54) is 6.07 Å². The topological polar surface area (TPSA) is 71.7 Å². The van der Waals surface area contributed by atoms with Crippen LogP contribution in [0, 0.1) is 10.1 Å². The van der Waals surface area contributed by atoms with Gasteiger partial charge in [0.2, 0.25) is 0 Å². The lowest BCUT2D eigenvalue weighted by Gasteiger charge is -2.41. The molecule has 19 heavy (non-hydrogen) atoms. The van der Waals surface area contributed by atoms with Crippen molar-refractivity contribution in [3.63, 3.8) is 0 Å². The van der Waals surface area contributed by atoms with Crippen LogP contribution in [-0.4, -0.2) is 60.2 Å². The van der Waals surface area contributed by atoms with E-state index < -0.39 is 4.92 Å². The smallest absolute Gasteiger partial charge is 0.363 e. The van der Waals surface area contributed by atoms with Crippen molar-refractivity contribution in [1.29, 1.82) is 0 Å². The quantitative estimate of drug-likeness (QED) is 0.572. The second-order valence-electron chi connectivity index (χ2n) is 5.07. The first-order valence-electron chi connectivity index (χ1n) is 6.30. The molecule has 102 valence electrons. The van der Waals surface area contributed by atoms with Crippen LogP contribution in [0.2, 0.25) is 0 Å². The number of ether oxygens (including phenoxy) is 1. The highest BCUT2D eigenvalue weighted by Crippen LogP contribution is 2.26. The number of likely N-dealkylation sites (N-methyl/N-ethyl adjacent to an activating group) is 1. The van der Waals surface area contributed by atoms with Crippen molar-refractivity contribution in [2.75, 3.05) is 38.3 Å². The number of pyridine rings is 1. The predicted octanol–water partition coefficient (Wildman–Crippen LogP) is 0.509. The van der Waals surface area contributed by atoms with Gasteiger partial charge in [0.05, 0.1) is 31.0 Å². The second kappa shape index (κ2) is 4.75. The minimum Gasteiger partial charge on any atom is -0.378 e. The van der Waals surface area contributed by atoms with Crippen molar-refractivity contribution < 1.29 is 9.66 Å². The van der Waals surface area contributed by atoms with Crippen molar-refractivity contribution in [3.8, 4) is 0 Å². The van der Waals surface area contributed by atoms with Crippen molar-refractivity contribution in [2.45, 2.75) is 12.1 Å². The van der Waals surface area contributed by atoms with E-state index in [9.17, 15) is 10.1 Å². The normalized spacial score (nSPS) is 27.3. The first-order valence-corrected chi connectivity index (χ1v) is 6.30. The van der Waals surface area contributed by atoms with E-state index >= 15 is 0 Å². The molecule has 4 heterocycles. The summed E-state index contributed by atoms with van der Waals surface area (Å²) in [5.74, 6) is -0.114. The number of rotatable bonds is 2. The number of fused-ring (bicyclic) bond motifs is 4. The van der Waals surface area contributed by atoms with Gasteiger partial charge in [-0.25, -0.2) is 0 Å². The van der Waals surface area contributed by atoms with Crippen LogP contribution in [0.3, 0.4) is 0 Å². The summed E-state index contributed by atoms with van der Waals surface area (Å²) in [6.07, 6.45) is 1.58. The summed E-state index contributed by atoms with van der Waals surface area (Å²) in [5.41, 5.74) is 0.930. The highest BCUT2D eigenvalue weighted by atomic mass is 16.6. The standard InChI is InChI=1S/C12H16N4O3/c1-14-5-11-8-19-7-10(14)6-15(11)9-2-3-12(13-4-9)16(17)18/h2-4,10-11H,5-8H2,1H3. The lowest BCUT2D eigenvalue weighted by molar-refractivity contribution is -0.389. The lowest BCUT2D eigenvalue weighted by atomic mass is 10.1. The summed E-state index contributed by atoms with van der Waals surface area (Å²) in [4.78, 5) is 18.6. The largest absolute Gasteiger partial charge is 0.378 e. The zero-order valence-electron chi connectivity index (χ0n) is 10.7. The third kappa shape index (κ3) is 2.26. The zero-order chi connectivity index (χ0) is 13.4. The van der Waals surface area contributed by atoms with E-state index in [4.69, 9.17) is 4.74 Å². The molecule has 0 radical (unpaired) electrons. The van der Waals surface area contributed by atoms with Gasteiger partial charge in [-0.3, -0.25) is 4.90 Å². The molecule has 3 fully saturated rings. The molecule has 0 aromatic carbocycles. The number of hydrogen-bond donors (Lipinski definition) is 0. The molecule has 0 spiro atoms. The molecule has 2 unspecified atom stereocenters. The molecule has 1 aromatic heterocycles. The predicted molar refractivity (Wildman–Crippen MR) is 69.3 cm³/mol. The first kappa shape index (κ1) is 12.3. The van der Waals surface area contributed by atoms with E-state index in [1.807, 2.05) is 0 Å². The number of piperazine rings is 1. The summed E-state index contributed by atoms with van der Waals surface area (Å²) in [6, 6.07) is 3.88. The van der Waals surface area contributed by atoms with Gasteiger partial charge in [-0.15, -0.1) is 0 Å². The molecule has 3 aliphatic heterocycles. The van der Waals surface area contributed by atoms with Crippen molar-refractivity contribution >= 4 is 11.5 Å². The molecular weight excluding hydrogens is 248 g/mol. The Morgan fingerprint density at radius 2 is 2.16 bits per heavy atom. The van der Waals surface area contributed by atoms with Gasteiger partial charge in [-0.2, -0.15) is 0 Å². The number of nitro groups is 1. The van der Waals surface area contributed by atoms with Gasteiger partial charge in [-0.05, 0) is 23.0 Å². The monoisotopic (exact) mass is 264 g/mol. The maximum Gasteiger partial charge on any atom is 0.363 e. The van der Waals surface area contributed by atoms with Gasteiger partial charge in [0.15, 0.2) is 6.20 Å². The van der Waals surface area contributed by atoms with Gasteiger partial charge in [0.1, 0.15) is 0 Å². The Morgan fingerprint density at radius 3 is 2.84 bits per heavy atom. The van der Waals surface area contributed by atoms with Crippen LogP contribution in [0.5, 0.6) is 0 Å². The molecule has 7 nitrogen and oxygen atoms in total. The Kier molecular flexibility index (Phi) is 3.08. The van der Waals surface area contributed by atoms with Gasteiger partial charge < -0.3 is 19.8 Å². The Morgan fingerprint density at radius 1 is 1.37 bits per heavy atom. The van der Waals surface area contributed by atoms with Gasteiger partial charge in [-0.1, -0.05) is 0 Å². The average Bonchev–Trinajstić information content (AvgIpc) is 2.71. The molecule has 1 aromatic rings. The molecule has 3 aliphatic rings. The van der Waals surface area contributed by atoms with Crippen LogP contribution in [-0.2, 0) is 4.74 Å². The van der Waals surface area contributed by atoms with Gasteiger partial charge >= 0.3 is 5.82 Å². The van der Waals surface area contributed by atoms with Crippen LogP contribution in [0.1, 0.15) is 0 Å². The van der Waals surface area contributed by atoms with Crippen LogP contribution < -0.4 is 4.90 Å². The third-order valence-electron chi connectivity index (χ3n) is 3.84. The van der Waals surface area contributed by atoms with E-state index in [1.54, 1.807) is 12.3 Å². The van der Waals surface area contributed by atoms with Crippen molar-refractivity contribution in [1.82, 2.24) is 9.88 Å². The van der Waals surface area contributed by atoms with E-state index in [0.29, 0.717) is 12.6 Å². The van der Waals surface area contributed by atoms with E-state index in [-0.39, 0.29) is 11.9 Å². The Labute approximate surface area is 110 Å². The number of aromatic nitrogens is 1. The zero-order valence-corrected chi connectivity index (χ0v) is 10.7. The van der Waals surface area contributed by atoms with Crippen LogP contribution in [0.4, 0.5) is 11.5 Å². The van der Waals surface area contributed by atoms with Crippen LogP contribution in [0.25, 0.3) is 0 Å². The summed E-state index contributed by atoms with van der Waals surface area (Å²) < 4.78 is 5.65. The number of anilines is 1. The molecule has 0 aliphatic carbocycles. The first-order chi connectivity index (χ1) is 9.15. The average molecular weight is 264 g/mol. The third-order valence-corrected chi connectivity index (χ3v) is 3.84. The molecule has 7 heteroatoms. The summed E-state index contributed by atoms with van der Waals surface area (Å²) in [6.45, 7) is 3.25. The fraction of sp³-hybridized carbons (Fsp3) is 0.583. The molecule has 2 bridgehead atoms. The molecule has 4 rings (SSSR count). The Bertz CT molecular complexity index is 478. The second-order valence-corrected chi connectivity index (χ2v) is 5.07. The molecule has 3 saturated heterocycles. The molecule has 0 amide bonds. The molecule has 0 N–H and O–H groups in total. The fourth-order valence-corrected chi connectivity index (χ4v) is 2.73. The summed E-state index contributed by atoms with van der Waals surface area (Å²) >= 11 is 0. The SMILES string of the molecule is CN1CC2COCC1CN2c1ccc([N+](=O)[O-])nc1. The molecular formula is C12H16N4O3. The van der Waals surface area contributed by atoms with Crippen LogP contribution in [0.15, 0.2) is 18.3 Å². The minimum atomic E-state index is -0.477. The number of hydrogen-bond acceptors (Lipinski definition) is 6. The van der Waals surface area contributed by atoms with Gasteiger partial charge in [0, 0.05) is 19.2 Å². The molecule has 0 saturated carbocycles. The number of nitrogens with zero attached hydrogens (tertiary/aromatic N) is 4. The summed E-state index contributed by atoms with van der Waals surface area (Å²) in [5, 5.41) is 10.6. The summed E-state index contributed by atoms with van der Waals surface area (Å²) in [7, 11) is 2.11. The Hall–Kier alpha value is -1.73. The lowest BCUT2D eigenvalue weighted by Crippen LogP contribution is -2.56. The molecule has 2 atom stereocenters.